The Kier molecular flexibility index (Phi) is 13.6. The number of aliphatic carboxylic acids is 1. The van der Waals surface area contributed by atoms with Gasteiger partial charge in [-0.25, -0.2) is 14.4 Å². The molecule has 0 spiro atoms. The van der Waals surface area contributed by atoms with Crippen molar-refractivity contribution < 1.29 is 48.0 Å². The van der Waals surface area contributed by atoms with Gasteiger partial charge in [-0.15, -0.1) is 0 Å². The third-order valence-corrected chi connectivity index (χ3v) is 7.16. The van der Waals surface area contributed by atoms with Gasteiger partial charge in [0, 0.05) is 24.0 Å². The highest BCUT2D eigenvalue weighted by molar-refractivity contribution is 5.93. The topological polar surface area (TPSA) is 142 Å². The summed E-state index contributed by atoms with van der Waals surface area (Å²) < 4.78 is 21.9. The van der Waals surface area contributed by atoms with Crippen LogP contribution in [0.3, 0.4) is 0 Å². The molecule has 1 N–H and O–H groups in total. The molecule has 0 atom stereocenters. The highest BCUT2D eigenvalue weighted by Gasteiger charge is 2.23. The van der Waals surface area contributed by atoms with Crippen molar-refractivity contribution in [3.8, 4) is 23.0 Å². The van der Waals surface area contributed by atoms with Gasteiger partial charge in [0.15, 0.2) is 0 Å². The summed E-state index contributed by atoms with van der Waals surface area (Å²) in [5.74, 6) is -1.82. The van der Waals surface area contributed by atoms with Crippen LogP contribution in [0, 0.1) is 0 Å². The molecule has 0 heterocycles. The minimum absolute atomic E-state index is 0.185. The van der Waals surface area contributed by atoms with Crippen molar-refractivity contribution in [2.24, 2.45) is 0 Å². The fourth-order valence-electron chi connectivity index (χ4n) is 4.52. The molecule has 0 aliphatic carbocycles. The molecule has 0 bridgehead atoms. The number of unbranched alkanes of at least 4 members (excludes halogenated alkanes) is 5. The Balaban J connectivity index is 1.55. The van der Waals surface area contributed by atoms with Crippen molar-refractivity contribution in [1.82, 2.24) is 0 Å². The van der Waals surface area contributed by atoms with Crippen LogP contribution in [0.15, 0.2) is 78.9 Å². The summed E-state index contributed by atoms with van der Waals surface area (Å²) in [7, 11) is 0. The maximum absolute atomic E-state index is 13.0. The molecule has 48 heavy (non-hydrogen) atoms. The Labute approximate surface area is 280 Å². The maximum Gasteiger partial charge on any atom is 0.343 e. The van der Waals surface area contributed by atoms with E-state index in [1.165, 1.54) is 61.5 Å². The van der Waals surface area contributed by atoms with Crippen LogP contribution >= 0.6 is 0 Å². The van der Waals surface area contributed by atoms with Crippen molar-refractivity contribution >= 4 is 29.8 Å². The lowest BCUT2D eigenvalue weighted by molar-refractivity contribution is -0.137. The molecule has 254 valence electrons. The van der Waals surface area contributed by atoms with Gasteiger partial charge in [0.05, 0.1) is 11.1 Å². The lowest BCUT2D eigenvalue weighted by atomic mass is 9.86. The molecular formula is C38H42O10. The predicted molar refractivity (Wildman–Crippen MR) is 179 cm³/mol. The summed E-state index contributed by atoms with van der Waals surface area (Å²) in [4.78, 5) is 60.3. The van der Waals surface area contributed by atoms with Gasteiger partial charge in [0.25, 0.3) is 0 Å². The number of rotatable bonds is 16. The highest BCUT2D eigenvalue weighted by atomic mass is 16.5. The Bertz CT molecular complexity index is 1610. The normalized spacial score (nSPS) is 10.9. The number of ether oxygens (including phenoxy) is 4. The van der Waals surface area contributed by atoms with Crippen molar-refractivity contribution in [3.05, 3.63) is 95.6 Å². The van der Waals surface area contributed by atoms with Crippen LogP contribution in [0.4, 0.5) is 0 Å². The van der Waals surface area contributed by atoms with Crippen molar-refractivity contribution in [2.75, 3.05) is 0 Å². The first-order valence-corrected chi connectivity index (χ1v) is 15.8. The zero-order valence-corrected chi connectivity index (χ0v) is 27.8. The lowest BCUT2D eigenvalue weighted by Crippen LogP contribution is -2.17. The number of hydrogen-bond acceptors (Lipinski definition) is 9. The SMILES string of the molecule is C=C(C)C(=O)Oc1ccc(C(=O)Oc2ccc(OC(=O)c3ccc(OC(=O)CCCCCCCCC(=O)O)cc3)c(C(C)(C)C)c2)cc1. The molecule has 3 rings (SSSR count). The van der Waals surface area contributed by atoms with E-state index in [-0.39, 0.29) is 47.0 Å². The molecular weight excluding hydrogens is 616 g/mol. The molecule has 0 aliphatic heterocycles. The van der Waals surface area contributed by atoms with Crippen molar-refractivity contribution in [1.29, 1.82) is 0 Å². The van der Waals surface area contributed by atoms with Crippen molar-refractivity contribution in [3.63, 3.8) is 0 Å². The van der Waals surface area contributed by atoms with Gasteiger partial charge in [0.2, 0.25) is 0 Å². The van der Waals surface area contributed by atoms with E-state index < -0.39 is 29.3 Å². The van der Waals surface area contributed by atoms with Gasteiger partial charge >= 0.3 is 29.8 Å². The minimum atomic E-state index is -0.780. The molecule has 0 saturated heterocycles. The minimum Gasteiger partial charge on any atom is -0.481 e. The number of carbonyl (C=O) groups is 5. The van der Waals surface area contributed by atoms with E-state index in [9.17, 15) is 24.0 Å². The third-order valence-electron chi connectivity index (χ3n) is 7.16. The molecule has 3 aromatic rings. The molecule has 10 heteroatoms. The number of benzene rings is 3. The number of esters is 4. The van der Waals surface area contributed by atoms with Crippen LogP contribution in [0.2, 0.25) is 0 Å². The van der Waals surface area contributed by atoms with Crippen LogP contribution in [-0.2, 0) is 19.8 Å². The lowest BCUT2D eigenvalue weighted by Gasteiger charge is -2.23. The van der Waals surface area contributed by atoms with Crippen LogP contribution in [0.25, 0.3) is 0 Å². The molecule has 0 saturated carbocycles. The van der Waals surface area contributed by atoms with Gasteiger partial charge in [0.1, 0.15) is 23.0 Å². The van der Waals surface area contributed by atoms with Gasteiger partial charge in [-0.2, -0.15) is 0 Å². The Morgan fingerprint density at radius 3 is 1.62 bits per heavy atom. The summed E-state index contributed by atoms with van der Waals surface area (Å²) in [5, 5.41) is 8.67. The van der Waals surface area contributed by atoms with E-state index in [0.29, 0.717) is 29.9 Å². The standard InChI is InChI=1S/C38H42O10/c1-25(2)35(42)46-29-20-16-26(17-21-29)36(43)47-30-22-23-32(31(24-30)38(3,4)5)48-37(44)27-14-18-28(19-15-27)45-34(41)13-11-9-7-6-8-10-12-33(39)40/h14-24H,1,6-13H2,2-5H3,(H,39,40). The molecule has 0 aliphatic rings. The van der Waals surface area contributed by atoms with E-state index in [4.69, 9.17) is 24.1 Å². The zero-order valence-electron chi connectivity index (χ0n) is 27.8. The van der Waals surface area contributed by atoms with Crippen LogP contribution in [0.5, 0.6) is 23.0 Å². The van der Waals surface area contributed by atoms with Gasteiger partial charge < -0.3 is 24.1 Å². The third kappa shape index (κ3) is 12.2. The van der Waals surface area contributed by atoms with E-state index >= 15 is 0 Å². The Morgan fingerprint density at radius 2 is 1.10 bits per heavy atom. The number of carboxylic acid groups (broad SMARTS) is 1. The Morgan fingerprint density at radius 1 is 0.625 bits per heavy atom. The molecule has 0 amide bonds. The smallest absolute Gasteiger partial charge is 0.343 e. The molecule has 0 aromatic heterocycles. The first-order chi connectivity index (χ1) is 22.7. The van der Waals surface area contributed by atoms with E-state index in [0.717, 1.165) is 25.7 Å². The van der Waals surface area contributed by atoms with Crippen LogP contribution < -0.4 is 18.9 Å². The zero-order chi connectivity index (χ0) is 35.3. The molecule has 10 nitrogen and oxygen atoms in total. The molecule has 3 aromatic carbocycles. The summed E-state index contributed by atoms with van der Waals surface area (Å²) >= 11 is 0. The summed E-state index contributed by atoms with van der Waals surface area (Å²) in [5.41, 5.74) is 0.903. The first-order valence-electron chi connectivity index (χ1n) is 15.8. The van der Waals surface area contributed by atoms with E-state index in [1.54, 1.807) is 12.1 Å². The van der Waals surface area contributed by atoms with E-state index in [2.05, 4.69) is 6.58 Å². The quantitative estimate of drug-likeness (QED) is 0.0696. The van der Waals surface area contributed by atoms with Crippen LogP contribution in [-0.4, -0.2) is 35.0 Å². The van der Waals surface area contributed by atoms with Crippen molar-refractivity contribution in [2.45, 2.75) is 84.5 Å². The predicted octanol–water partition coefficient (Wildman–Crippen LogP) is 8.01. The molecule has 0 fully saturated rings. The van der Waals surface area contributed by atoms with Crippen LogP contribution in [0.1, 0.15) is 105 Å². The highest BCUT2D eigenvalue weighted by Crippen LogP contribution is 2.35. The maximum atomic E-state index is 13.0. The van der Waals surface area contributed by atoms with Gasteiger partial charge in [-0.05, 0) is 91.9 Å². The Hall–Kier alpha value is -5.25. The molecule has 0 unspecified atom stereocenters. The molecule has 0 radical (unpaired) electrons. The second-order valence-electron chi connectivity index (χ2n) is 12.4. The summed E-state index contributed by atoms with van der Waals surface area (Å²) in [6.07, 6.45) is 5.38. The van der Waals surface area contributed by atoms with Gasteiger partial charge in [-0.1, -0.05) is 53.0 Å². The number of carbonyl (C=O) groups excluding carboxylic acids is 4. The second-order valence-corrected chi connectivity index (χ2v) is 12.4. The number of hydrogen-bond donors (Lipinski definition) is 1. The average molecular weight is 659 g/mol. The largest absolute Gasteiger partial charge is 0.481 e. The first kappa shape index (κ1) is 37.2. The van der Waals surface area contributed by atoms with Gasteiger partial charge in [-0.3, -0.25) is 9.59 Å². The summed E-state index contributed by atoms with van der Waals surface area (Å²) in [6, 6.07) is 16.7. The monoisotopic (exact) mass is 658 g/mol. The number of carboxylic acids is 1. The second kappa shape index (κ2) is 17.6. The van der Waals surface area contributed by atoms with E-state index in [1.807, 2.05) is 20.8 Å². The average Bonchev–Trinajstić information content (AvgIpc) is 3.03. The summed E-state index contributed by atoms with van der Waals surface area (Å²) in [6.45, 7) is 10.9. The fraction of sp³-hybridized carbons (Fsp3) is 0.342. The fourth-order valence-corrected chi connectivity index (χ4v) is 4.52.